The van der Waals surface area contributed by atoms with Gasteiger partial charge in [0.05, 0.1) is 5.69 Å². The largest absolute Gasteiger partial charge is 0.492 e. The highest BCUT2D eigenvalue weighted by molar-refractivity contribution is 5.22. The van der Waals surface area contributed by atoms with E-state index in [9.17, 15) is 0 Å². The van der Waals surface area contributed by atoms with Crippen molar-refractivity contribution in [1.29, 1.82) is 0 Å². The highest BCUT2D eigenvalue weighted by Gasteiger charge is 2.21. The topological polar surface area (TPSA) is 37.4 Å². The molecule has 0 aliphatic heterocycles. The Morgan fingerprint density at radius 3 is 2.63 bits per heavy atom. The number of nitrogens with zero attached hydrogens (tertiary/aromatic N) is 2. The molecule has 0 saturated carbocycles. The van der Waals surface area contributed by atoms with Gasteiger partial charge in [-0.25, -0.2) is 0 Å². The summed E-state index contributed by atoms with van der Waals surface area (Å²) in [6.07, 6.45) is 1.80. The van der Waals surface area contributed by atoms with Gasteiger partial charge in [-0.1, -0.05) is 13.8 Å². The van der Waals surface area contributed by atoms with Crippen LogP contribution in [0.3, 0.4) is 0 Å². The first-order valence-electron chi connectivity index (χ1n) is 6.80. The molecule has 1 aromatic heterocycles. The summed E-state index contributed by atoms with van der Waals surface area (Å²) in [5.41, 5.74) is 1.02. The van der Waals surface area contributed by atoms with Gasteiger partial charge in [-0.2, -0.15) is 0 Å². The van der Waals surface area contributed by atoms with Crippen LogP contribution < -0.4 is 10.1 Å². The fourth-order valence-corrected chi connectivity index (χ4v) is 1.34. The Hall–Kier alpha value is -1.13. The van der Waals surface area contributed by atoms with Crippen LogP contribution >= 0.6 is 0 Å². The molecule has 108 valence electrons. The standard InChI is InChI=1S/C15H27N3O/c1-12(2)17-10-13-9-14(7-8-16-13)19-11-15(3,4)18(5)6/h7-9,12,17H,10-11H2,1-6H3. The Kier molecular flexibility index (Phi) is 5.76. The molecule has 1 heterocycles. The van der Waals surface area contributed by atoms with Crippen LogP contribution in [0.5, 0.6) is 5.75 Å². The van der Waals surface area contributed by atoms with E-state index in [0.717, 1.165) is 18.0 Å². The summed E-state index contributed by atoms with van der Waals surface area (Å²) >= 11 is 0. The summed E-state index contributed by atoms with van der Waals surface area (Å²) in [5, 5.41) is 3.35. The minimum atomic E-state index is 0.0135. The minimum Gasteiger partial charge on any atom is -0.492 e. The van der Waals surface area contributed by atoms with E-state index in [2.05, 4.69) is 57.0 Å². The maximum atomic E-state index is 5.87. The van der Waals surface area contributed by atoms with Crippen molar-refractivity contribution >= 4 is 0 Å². The molecule has 4 nitrogen and oxygen atoms in total. The van der Waals surface area contributed by atoms with Gasteiger partial charge in [0.15, 0.2) is 0 Å². The third-order valence-electron chi connectivity index (χ3n) is 3.28. The summed E-state index contributed by atoms with van der Waals surface area (Å²) in [4.78, 5) is 6.50. The molecule has 1 N–H and O–H groups in total. The molecule has 0 atom stereocenters. The fraction of sp³-hybridized carbons (Fsp3) is 0.667. The average molecular weight is 265 g/mol. The van der Waals surface area contributed by atoms with Gasteiger partial charge in [-0.3, -0.25) is 4.98 Å². The predicted molar refractivity (Wildman–Crippen MR) is 79.5 cm³/mol. The second-order valence-corrected chi connectivity index (χ2v) is 6.01. The molecule has 4 heteroatoms. The van der Waals surface area contributed by atoms with E-state index in [1.165, 1.54) is 0 Å². The summed E-state index contributed by atoms with van der Waals surface area (Å²) in [6.45, 7) is 10.00. The molecule has 0 amide bonds. The normalized spacial score (nSPS) is 12.2. The second-order valence-electron chi connectivity index (χ2n) is 6.01. The van der Waals surface area contributed by atoms with Crippen LogP contribution in [-0.2, 0) is 6.54 Å². The zero-order valence-corrected chi connectivity index (χ0v) is 13.0. The van der Waals surface area contributed by atoms with Crippen molar-refractivity contribution in [2.75, 3.05) is 20.7 Å². The van der Waals surface area contributed by atoms with Crippen molar-refractivity contribution in [3.8, 4) is 5.75 Å². The van der Waals surface area contributed by atoms with Gasteiger partial charge >= 0.3 is 0 Å². The lowest BCUT2D eigenvalue weighted by atomic mass is 10.1. The Labute approximate surface area is 117 Å². The number of rotatable bonds is 7. The molecule has 0 radical (unpaired) electrons. The van der Waals surface area contributed by atoms with E-state index < -0.39 is 0 Å². The number of hydrogen-bond donors (Lipinski definition) is 1. The second kappa shape index (κ2) is 6.87. The van der Waals surface area contributed by atoms with Crippen molar-refractivity contribution in [1.82, 2.24) is 15.2 Å². The van der Waals surface area contributed by atoms with E-state index in [1.807, 2.05) is 12.1 Å². The lowest BCUT2D eigenvalue weighted by molar-refractivity contribution is 0.114. The fourth-order valence-electron chi connectivity index (χ4n) is 1.34. The molecule has 0 unspecified atom stereocenters. The van der Waals surface area contributed by atoms with Crippen LogP contribution in [0.2, 0.25) is 0 Å². The minimum absolute atomic E-state index is 0.0135. The highest BCUT2D eigenvalue weighted by Crippen LogP contribution is 2.16. The Balaban J connectivity index is 2.57. The summed E-state index contributed by atoms with van der Waals surface area (Å²) in [5.74, 6) is 0.880. The molecule has 0 spiro atoms. The molecule has 19 heavy (non-hydrogen) atoms. The monoisotopic (exact) mass is 265 g/mol. The van der Waals surface area contributed by atoms with E-state index in [1.54, 1.807) is 6.20 Å². The van der Waals surface area contributed by atoms with Gasteiger partial charge in [0.25, 0.3) is 0 Å². The van der Waals surface area contributed by atoms with E-state index in [4.69, 9.17) is 4.74 Å². The van der Waals surface area contributed by atoms with Gasteiger partial charge in [-0.05, 0) is 34.0 Å². The number of ether oxygens (including phenoxy) is 1. The number of aromatic nitrogens is 1. The maximum Gasteiger partial charge on any atom is 0.122 e. The van der Waals surface area contributed by atoms with Gasteiger partial charge in [-0.15, -0.1) is 0 Å². The summed E-state index contributed by atoms with van der Waals surface area (Å²) in [7, 11) is 4.13. The SMILES string of the molecule is CC(C)NCc1cc(OCC(C)(C)N(C)C)ccn1. The lowest BCUT2D eigenvalue weighted by Gasteiger charge is -2.32. The first-order chi connectivity index (χ1) is 8.81. The Morgan fingerprint density at radius 2 is 2.05 bits per heavy atom. The molecular weight excluding hydrogens is 238 g/mol. The van der Waals surface area contributed by atoms with E-state index in [0.29, 0.717) is 12.6 Å². The average Bonchev–Trinajstić information content (AvgIpc) is 2.34. The van der Waals surface area contributed by atoms with E-state index in [-0.39, 0.29) is 5.54 Å². The van der Waals surface area contributed by atoms with Crippen LogP contribution in [0, 0.1) is 0 Å². The number of nitrogens with one attached hydrogen (secondary N) is 1. The molecule has 1 aromatic rings. The molecule has 0 saturated heterocycles. The van der Waals surface area contributed by atoms with Gasteiger partial charge in [0, 0.05) is 30.4 Å². The van der Waals surface area contributed by atoms with Gasteiger partial charge in [0.1, 0.15) is 12.4 Å². The van der Waals surface area contributed by atoms with Crippen molar-refractivity contribution in [3.05, 3.63) is 24.0 Å². The van der Waals surface area contributed by atoms with Gasteiger partial charge < -0.3 is 15.0 Å². The molecule has 1 rings (SSSR count). The zero-order chi connectivity index (χ0) is 14.5. The highest BCUT2D eigenvalue weighted by atomic mass is 16.5. The van der Waals surface area contributed by atoms with Crippen LogP contribution in [0.25, 0.3) is 0 Å². The number of likely N-dealkylation sites (N-methyl/N-ethyl adjacent to an activating group) is 1. The molecule has 0 aliphatic carbocycles. The number of pyridine rings is 1. The quantitative estimate of drug-likeness (QED) is 0.821. The lowest BCUT2D eigenvalue weighted by Crippen LogP contribution is -2.43. The third kappa shape index (κ3) is 5.57. The van der Waals surface area contributed by atoms with Crippen molar-refractivity contribution in [3.63, 3.8) is 0 Å². The predicted octanol–water partition coefficient (Wildman–Crippen LogP) is 2.30. The Morgan fingerprint density at radius 1 is 1.37 bits per heavy atom. The number of hydrogen-bond acceptors (Lipinski definition) is 4. The first kappa shape index (κ1) is 15.9. The van der Waals surface area contributed by atoms with E-state index >= 15 is 0 Å². The zero-order valence-electron chi connectivity index (χ0n) is 13.0. The third-order valence-corrected chi connectivity index (χ3v) is 3.28. The molecule has 0 bridgehead atoms. The van der Waals surface area contributed by atoms with Crippen molar-refractivity contribution in [2.24, 2.45) is 0 Å². The first-order valence-corrected chi connectivity index (χ1v) is 6.80. The van der Waals surface area contributed by atoms with Crippen LogP contribution in [0.4, 0.5) is 0 Å². The Bertz CT molecular complexity index is 389. The van der Waals surface area contributed by atoms with Crippen LogP contribution in [0.1, 0.15) is 33.4 Å². The van der Waals surface area contributed by atoms with Crippen molar-refractivity contribution < 1.29 is 4.74 Å². The molecular formula is C15H27N3O. The summed E-state index contributed by atoms with van der Waals surface area (Å²) in [6, 6.07) is 4.37. The molecule has 0 aromatic carbocycles. The maximum absolute atomic E-state index is 5.87. The molecule has 0 fully saturated rings. The van der Waals surface area contributed by atoms with Gasteiger partial charge in [0.2, 0.25) is 0 Å². The summed E-state index contributed by atoms with van der Waals surface area (Å²) < 4.78 is 5.87. The van der Waals surface area contributed by atoms with Crippen LogP contribution in [0.15, 0.2) is 18.3 Å². The van der Waals surface area contributed by atoms with Crippen LogP contribution in [-0.4, -0.2) is 42.2 Å². The molecule has 0 aliphatic rings. The van der Waals surface area contributed by atoms with Crippen molar-refractivity contribution in [2.45, 2.75) is 45.8 Å². The smallest absolute Gasteiger partial charge is 0.122 e.